The first-order valence-electron chi connectivity index (χ1n) is 15.7. The highest BCUT2D eigenvalue weighted by Crippen LogP contribution is 2.22. The van der Waals surface area contributed by atoms with Gasteiger partial charge in [-0.05, 0) is 30.9 Å². The Kier molecular flexibility index (Phi) is 21.8. The van der Waals surface area contributed by atoms with Crippen LogP contribution in [-0.2, 0) is 11.2 Å². The first kappa shape index (κ1) is 32.7. The second-order valence-electron chi connectivity index (χ2n) is 10.8. The van der Waals surface area contributed by atoms with Gasteiger partial charge in [0.2, 0.25) is 0 Å². The van der Waals surface area contributed by atoms with Crippen LogP contribution >= 0.6 is 0 Å². The molecule has 0 saturated heterocycles. The van der Waals surface area contributed by atoms with Crippen LogP contribution in [-0.4, -0.2) is 17.2 Å². The third-order valence-corrected chi connectivity index (χ3v) is 7.34. The Hall–Kier alpha value is -1.35. The molecule has 3 nitrogen and oxygen atoms in total. The summed E-state index contributed by atoms with van der Waals surface area (Å²) in [5.74, 6) is 0.116. The van der Waals surface area contributed by atoms with E-state index in [0.717, 1.165) is 31.2 Å². The average molecular weight is 503 g/mol. The van der Waals surface area contributed by atoms with Crippen molar-refractivity contribution in [3.05, 3.63) is 29.8 Å². The molecule has 1 atom stereocenters. The summed E-state index contributed by atoms with van der Waals surface area (Å²) in [7, 11) is 0. The molecular weight excluding hydrogens is 444 g/mol. The average Bonchev–Trinajstić information content (AvgIpc) is 2.89. The number of esters is 1. The number of hydrogen-bond acceptors (Lipinski definition) is 3. The second-order valence-corrected chi connectivity index (χ2v) is 10.8. The number of unbranched alkanes of at least 4 members (excludes halogenated alkanes) is 19. The zero-order valence-electron chi connectivity index (χ0n) is 23.9. The zero-order chi connectivity index (χ0) is 26.1. The van der Waals surface area contributed by atoms with Gasteiger partial charge in [-0.2, -0.15) is 0 Å². The predicted octanol–water partition coefficient (Wildman–Crippen LogP) is 10.1. The number of aliphatic hydroxyl groups excluding tert-OH is 1. The molecule has 1 aromatic carbocycles. The van der Waals surface area contributed by atoms with Gasteiger partial charge < -0.3 is 9.84 Å². The lowest BCUT2D eigenvalue weighted by molar-refractivity contribution is -0.144. The predicted molar refractivity (Wildman–Crippen MR) is 155 cm³/mol. The molecule has 0 aliphatic heterocycles. The van der Waals surface area contributed by atoms with Gasteiger partial charge in [0.05, 0.1) is 0 Å². The highest BCUT2D eigenvalue weighted by atomic mass is 16.5. The highest BCUT2D eigenvalue weighted by Gasteiger charge is 2.18. The fourth-order valence-electron chi connectivity index (χ4n) is 4.91. The van der Waals surface area contributed by atoms with Crippen LogP contribution in [0.5, 0.6) is 5.75 Å². The number of carbonyl (C=O) groups excluding carboxylic acids is 1. The van der Waals surface area contributed by atoms with E-state index in [0.29, 0.717) is 12.2 Å². The molecule has 0 fully saturated rings. The normalized spacial score (nSPS) is 12.1. The molecule has 0 saturated carbocycles. The van der Waals surface area contributed by atoms with Gasteiger partial charge in [0.1, 0.15) is 5.75 Å². The van der Waals surface area contributed by atoms with Gasteiger partial charge in [-0.1, -0.05) is 160 Å². The molecule has 0 aliphatic rings. The maximum atomic E-state index is 12.4. The van der Waals surface area contributed by atoms with Crippen LogP contribution in [0.1, 0.15) is 161 Å². The van der Waals surface area contributed by atoms with E-state index in [-0.39, 0.29) is 0 Å². The van der Waals surface area contributed by atoms with E-state index in [1.165, 1.54) is 116 Å². The van der Waals surface area contributed by atoms with Gasteiger partial charge in [-0.3, -0.25) is 0 Å². The van der Waals surface area contributed by atoms with Crippen LogP contribution in [0.15, 0.2) is 24.3 Å². The largest absolute Gasteiger partial charge is 0.424 e. The Bertz CT molecular complexity index is 627. The molecule has 0 radical (unpaired) electrons. The summed E-state index contributed by atoms with van der Waals surface area (Å²) in [6.07, 6.45) is 27.5. The first-order valence-corrected chi connectivity index (χ1v) is 15.7. The molecule has 0 spiro atoms. The maximum absolute atomic E-state index is 12.4. The second kappa shape index (κ2) is 24.0. The van der Waals surface area contributed by atoms with Crippen molar-refractivity contribution >= 4 is 5.97 Å². The third-order valence-electron chi connectivity index (χ3n) is 7.34. The van der Waals surface area contributed by atoms with Gasteiger partial charge in [-0.15, -0.1) is 0 Å². The van der Waals surface area contributed by atoms with Gasteiger partial charge in [0, 0.05) is 0 Å². The fourth-order valence-corrected chi connectivity index (χ4v) is 4.91. The van der Waals surface area contributed by atoms with Crippen LogP contribution in [0.3, 0.4) is 0 Å². The number of ether oxygens (including phenoxy) is 1. The van der Waals surface area contributed by atoms with Crippen molar-refractivity contribution < 1.29 is 14.6 Å². The number of hydrogen-bond donors (Lipinski definition) is 1. The van der Waals surface area contributed by atoms with Crippen molar-refractivity contribution in [2.45, 2.75) is 168 Å². The molecule has 1 N–H and O–H groups in total. The van der Waals surface area contributed by atoms with E-state index in [9.17, 15) is 9.90 Å². The van der Waals surface area contributed by atoms with Crippen LogP contribution in [0.2, 0.25) is 0 Å². The zero-order valence-corrected chi connectivity index (χ0v) is 23.9. The standard InChI is InChI=1S/C33H58O3/c1-3-5-7-9-11-12-13-14-15-16-17-19-21-23-28-31(34)33(35)36-32-29-25-24-27-30(32)26-22-20-18-10-8-6-4-2/h24-25,27,29,31,34H,3-23,26,28H2,1-2H3. The lowest BCUT2D eigenvalue weighted by Crippen LogP contribution is -2.26. The van der Waals surface area contributed by atoms with Gasteiger partial charge >= 0.3 is 5.97 Å². The van der Waals surface area contributed by atoms with E-state index in [4.69, 9.17) is 4.74 Å². The molecule has 208 valence electrons. The lowest BCUT2D eigenvalue weighted by atomic mass is 10.0. The third kappa shape index (κ3) is 18.0. The minimum absolute atomic E-state index is 0.497. The van der Waals surface area contributed by atoms with E-state index in [1.54, 1.807) is 0 Å². The first-order chi connectivity index (χ1) is 17.7. The fraction of sp³-hybridized carbons (Fsp3) is 0.788. The maximum Gasteiger partial charge on any atom is 0.340 e. The number of para-hydroxylation sites is 1. The summed E-state index contributed by atoms with van der Waals surface area (Å²) in [5, 5.41) is 10.3. The molecule has 1 aromatic rings. The van der Waals surface area contributed by atoms with Crippen molar-refractivity contribution in [3.8, 4) is 5.75 Å². The molecule has 1 unspecified atom stereocenters. The van der Waals surface area contributed by atoms with Crippen LogP contribution < -0.4 is 4.74 Å². The lowest BCUT2D eigenvalue weighted by Gasteiger charge is -2.13. The molecule has 0 aromatic heterocycles. The Balaban J connectivity index is 2.08. The topological polar surface area (TPSA) is 46.5 Å². The summed E-state index contributed by atoms with van der Waals surface area (Å²) < 4.78 is 5.60. The van der Waals surface area contributed by atoms with Crippen LogP contribution in [0.25, 0.3) is 0 Å². The minimum atomic E-state index is -1.02. The molecule has 3 heteroatoms. The number of rotatable bonds is 25. The quantitative estimate of drug-likeness (QED) is 0.0821. The van der Waals surface area contributed by atoms with E-state index in [1.807, 2.05) is 24.3 Å². The van der Waals surface area contributed by atoms with Crippen molar-refractivity contribution in [3.63, 3.8) is 0 Å². The Morgan fingerprint density at radius 3 is 1.56 bits per heavy atom. The molecule has 0 amide bonds. The van der Waals surface area contributed by atoms with E-state index < -0.39 is 12.1 Å². The summed E-state index contributed by atoms with van der Waals surface area (Å²) in [5.41, 5.74) is 1.07. The SMILES string of the molecule is CCCCCCCCCCCCCCCCC(O)C(=O)Oc1ccccc1CCCCCCCCC. The number of carbonyl (C=O) groups is 1. The highest BCUT2D eigenvalue weighted by molar-refractivity contribution is 5.77. The molecule has 36 heavy (non-hydrogen) atoms. The van der Waals surface area contributed by atoms with Crippen LogP contribution in [0, 0.1) is 0 Å². The summed E-state index contributed by atoms with van der Waals surface area (Å²) >= 11 is 0. The molecular formula is C33H58O3. The monoisotopic (exact) mass is 502 g/mol. The molecule has 0 heterocycles. The van der Waals surface area contributed by atoms with Crippen LogP contribution in [0.4, 0.5) is 0 Å². The summed E-state index contributed by atoms with van der Waals surface area (Å²) in [6, 6.07) is 7.79. The smallest absolute Gasteiger partial charge is 0.340 e. The van der Waals surface area contributed by atoms with Gasteiger partial charge in [-0.25, -0.2) is 4.79 Å². The molecule has 0 bridgehead atoms. The van der Waals surface area contributed by atoms with Gasteiger partial charge in [0.25, 0.3) is 0 Å². The van der Waals surface area contributed by atoms with Crippen molar-refractivity contribution in [1.82, 2.24) is 0 Å². The van der Waals surface area contributed by atoms with Crippen molar-refractivity contribution in [2.24, 2.45) is 0 Å². The Labute approximate surface area is 223 Å². The number of aliphatic hydroxyl groups is 1. The Morgan fingerprint density at radius 2 is 1.06 bits per heavy atom. The number of aryl methyl sites for hydroxylation is 1. The number of benzene rings is 1. The minimum Gasteiger partial charge on any atom is -0.424 e. The van der Waals surface area contributed by atoms with E-state index >= 15 is 0 Å². The van der Waals surface area contributed by atoms with Crippen molar-refractivity contribution in [1.29, 1.82) is 0 Å². The van der Waals surface area contributed by atoms with Gasteiger partial charge in [0.15, 0.2) is 6.10 Å². The van der Waals surface area contributed by atoms with Crippen molar-refractivity contribution in [2.75, 3.05) is 0 Å². The Morgan fingerprint density at radius 1 is 0.639 bits per heavy atom. The van der Waals surface area contributed by atoms with E-state index in [2.05, 4.69) is 13.8 Å². The molecule has 1 rings (SSSR count). The summed E-state index contributed by atoms with van der Waals surface area (Å²) in [6.45, 7) is 4.52. The summed E-state index contributed by atoms with van der Waals surface area (Å²) in [4.78, 5) is 12.4. The molecule has 0 aliphatic carbocycles.